The maximum atomic E-state index is 3.91. The summed E-state index contributed by atoms with van der Waals surface area (Å²) < 4.78 is 0. The van der Waals surface area contributed by atoms with Crippen LogP contribution in [0.3, 0.4) is 0 Å². The highest BCUT2D eigenvalue weighted by atomic mass is 14.0. The molecule has 0 aliphatic heterocycles. The zero-order chi connectivity index (χ0) is 6.69. The van der Waals surface area contributed by atoms with Gasteiger partial charge in [-0.1, -0.05) is 37.3 Å². The van der Waals surface area contributed by atoms with E-state index in [1.807, 2.05) is 18.2 Å². The van der Waals surface area contributed by atoms with Crippen molar-refractivity contribution in [2.75, 3.05) is 0 Å². The highest BCUT2D eigenvalue weighted by molar-refractivity contribution is 5.19. The first kappa shape index (κ1) is 6.34. The molecule has 0 aromatic heterocycles. The lowest BCUT2D eigenvalue weighted by Gasteiger charge is -2.01. The molecule has 0 N–H and O–H groups in total. The SMILES string of the molecule is [CH2]C(C)c1ccccc1. The van der Waals surface area contributed by atoms with E-state index in [4.69, 9.17) is 0 Å². The molecule has 0 nitrogen and oxygen atoms in total. The van der Waals surface area contributed by atoms with Gasteiger partial charge in [0.05, 0.1) is 0 Å². The second-order valence-corrected chi connectivity index (χ2v) is 2.31. The molecule has 1 atom stereocenters. The normalized spacial score (nSPS) is 10.1. The van der Waals surface area contributed by atoms with Crippen LogP contribution in [-0.4, -0.2) is 0 Å². The van der Waals surface area contributed by atoms with E-state index in [0.29, 0.717) is 5.92 Å². The molecule has 1 unspecified atom stereocenters. The lowest BCUT2D eigenvalue weighted by atomic mass is 10.0. The largest absolute Gasteiger partial charge is 0.0622 e. The predicted molar refractivity (Wildman–Crippen MR) is 40.2 cm³/mol. The maximum absolute atomic E-state index is 3.91. The van der Waals surface area contributed by atoms with Gasteiger partial charge in [0.25, 0.3) is 0 Å². The van der Waals surface area contributed by atoms with Gasteiger partial charge in [-0.25, -0.2) is 0 Å². The first-order valence-corrected chi connectivity index (χ1v) is 3.18. The second-order valence-electron chi connectivity index (χ2n) is 2.31. The zero-order valence-corrected chi connectivity index (χ0v) is 5.67. The summed E-state index contributed by atoms with van der Waals surface area (Å²) in [6.45, 7) is 6.00. The smallest absolute Gasteiger partial charge is 0.0190 e. The monoisotopic (exact) mass is 119 g/mol. The standard InChI is InChI=1S/C9H11/c1-8(2)9-6-4-3-5-7-9/h3-8H,1H2,2H3. The van der Waals surface area contributed by atoms with Crippen molar-refractivity contribution in [1.29, 1.82) is 0 Å². The van der Waals surface area contributed by atoms with Gasteiger partial charge in [0, 0.05) is 0 Å². The number of hydrogen-bond acceptors (Lipinski definition) is 0. The third-order valence-electron chi connectivity index (χ3n) is 1.37. The quantitative estimate of drug-likeness (QED) is 0.533. The van der Waals surface area contributed by atoms with Gasteiger partial charge in [-0.05, 0) is 18.4 Å². The summed E-state index contributed by atoms with van der Waals surface area (Å²) in [5.74, 6) is 0.409. The summed E-state index contributed by atoms with van der Waals surface area (Å²) in [5.41, 5.74) is 1.30. The summed E-state index contributed by atoms with van der Waals surface area (Å²) in [6.07, 6.45) is 0. The fraction of sp³-hybridized carbons (Fsp3) is 0.222. The van der Waals surface area contributed by atoms with Gasteiger partial charge >= 0.3 is 0 Å². The fourth-order valence-corrected chi connectivity index (χ4v) is 0.782. The molecule has 0 saturated heterocycles. The molecule has 1 aromatic rings. The molecule has 0 aliphatic carbocycles. The molecule has 0 aliphatic rings. The van der Waals surface area contributed by atoms with E-state index in [9.17, 15) is 0 Å². The van der Waals surface area contributed by atoms with E-state index < -0.39 is 0 Å². The van der Waals surface area contributed by atoms with Crippen molar-refractivity contribution in [3.63, 3.8) is 0 Å². The van der Waals surface area contributed by atoms with E-state index in [-0.39, 0.29) is 0 Å². The number of rotatable bonds is 1. The van der Waals surface area contributed by atoms with Crippen molar-refractivity contribution in [3.05, 3.63) is 42.8 Å². The van der Waals surface area contributed by atoms with Crippen LogP contribution >= 0.6 is 0 Å². The van der Waals surface area contributed by atoms with Crippen molar-refractivity contribution in [1.82, 2.24) is 0 Å². The van der Waals surface area contributed by atoms with Crippen molar-refractivity contribution in [2.24, 2.45) is 0 Å². The molecule has 0 bridgehead atoms. The molecule has 1 rings (SSSR count). The minimum Gasteiger partial charge on any atom is -0.0622 e. The minimum absolute atomic E-state index is 0.409. The van der Waals surface area contributed by atoms with Crippen LogP contribution in [0.25, 0.3) is 0 Å². The van der Waals surface area contributed by atoms with Crippen LogP contribution in [0.4, 0.5) is 0 Å². The third kappa shape index (κ3) is 1.56. The van der Waals surface area contributed by atoms with Crippen molar-refractivity contribution in [2.45, 2.75) is 12.8 Å². The van der Waals surface area contributed by atoms with E-state index in [1.54, 1.807) is 0 Å². The van der Waals surface area contributed by atoms with Gasteiger partial charge in [-0.2, -0.15) is 0 Å². The average molecular weight is 119 g/mol. The Morgan fingerprint density at radius 1 is 1.22 bits per heavy atom. The molecular formula is C9H11. The molecule has 0 heteroatoms. The van der Waals surface area contributed by atoms with Gasteiger partial charge in [0.2, 0.25) is 0 Å². The van der Waals surface area contributed by atoms with Crippen molar-refractivity contribution in [3.8, 4) is 0 Å². The minimum atomic E-state index is 0.409. The Morgan fingerprint density at radius 3 is 2.11 bits per heavy atom. The molecule has 1 aromatic carbocycles. The fourth-order valence-electron chi connectivity index (χ4n) is 0.782. The molecule has 1 radical (unpaired) electrons. The molecule has 0 amide bonds. The summed E-state index contributed by atoms with van der Waals surface area (Å²) in [7, 11) is 0. The maximum Gasteiger partial charge on any atom is -0.0190 e. The Bertz CT molecular complexity index is 163. The van der Waals surface area contributed by atoms with Crippen LogP contribution in [-0.2, 0) is 0 Å². The van der Waals surface area contributed by atoms with Gasteiger partial charge in [0.15, 0.2) is 0 Å². The second kappa shape index (κ2) is 2.67. The first-order chi connectivity index (χ1) is 4.30. The van der Waals surface area contributed by atoms with Gasteiger partial charge in [-0.3, -0.25) is 0 Å². The Hall–Kier alpha value is -0.780. The Kier molecular flexibility index (Phi) is 1.88. The average Bonchev–Trinajstić information content (AvgIpc) is 1.90. The first-order valence-electron chi connectivity index (χ1n) is 3.18. The summed E-state index contributed by atoms with van der Waals surface area (Å²) in [4.78, 5) is 0. The van der Waals surface area contributed by atoms with Crippen LogP contribution in [0.15, 0.2) is 30.3 Å². The highest BCUT2D eigenvalue weighted by Gasteiger charge is 1.93. The predicted octanol–water partition coefficient (Wildman–Crippen LogP) is 2.62. The van der Waals surface area contributed by atoms with E-state index >= 15 is 0 Å². The van der Waals surface area contributed by atoms with Gasteiger partial charge in [-0.15, -0.1) is 0 Å². The van der Waals surface area contributed by atoms with Crippen molar-refractivity contribution < 1.29 is 0 Å². The van der Waals surface area contributed by atoms with E-state index in [0.717, 1.165) is 0 Å². The molecule has 0 saturated carbocycles. The van der Waals surface area contributed by atoms with Crippen LogP contribution in [0.2, 0.25) is 0 Å². The number of hydrogen-bond donors (Lipinski definition) is 0. The highest BCUT2D eigenvalue weighted by Crippen LogP contribution is 2.11. The molecular weight excluding hydrogens is 108 g/mol. The van der Waals surface area contributed by atoms with E-state index in [2.05, 4.69) is 26.0 Å². The topological polar surface area (TPSA) is 0 Å². The number of benzene rings is 1. The zero-order valence-electron chi connectivity index (χ0n) is 5.67. The van der Waals surface area contributed by atoms with Crippen molar-refractivity contribution >= 4 is 0 Å². The molecule has 47 valence electrons. The van der Waals surface area contributed by atoms with Gasteiger partial charge in [0.1, 0.15) is 0 Å². The van der Waals surface area contributed by atoms with Crippen LogP contribution in [0.5, 0.6) is 0 Å². The molecule has 0 fully saturated rings. The summed E-state index contributed by atoms with van der Waals surface area (Å²) in [6, 6.07) is 10.3. The Morgan fingerprint density at radius 2 is 1.78 bits per heavy atom. The molecule has 0 spiro atoms. The molecule has 9 heavy (non-hydrogen) atoms. The van der Waals surface area contributed by atoms with E-state index in [1.165, 1.54) is 5.56 Å². The third-order valence-corrected chi connectivity index (χ3v) is 1.37. The van der Waals surface area contributed by atoms with Crippen LogP contribution in [0, 0.1) is 6.92 Å². The van der Waals surface area contributed by atoms with Crippen LogP contribution in [0.1, 0.15) is 18.4 Å². The summed E-state index contributed by atoms with van der Waals surface area (Å²) >= 11 is 0. The Labute approximate surface area is 56.5 Å². The van der Waals surface area contributed by atoms with Gasteiger partial charge < -0.3 is 0 Å². The van der Waals surface area contributed by atoms with Crippen LogP contribution < -0.4 is 0 Å². The Balaban J connectivity index is 2.85. The molecule has 0 heterocycles. The summed E-state index contributed by atoms with van der Waals surface area (Å²) in [5, 5.41) is 0. The lowest BCUT2D eigenvalue weighted by Crippen LogP contribution is -1.83. The lowest BCUT2D eigenvalue weighted by molar-refractivity contribution is 0.964.